The lowest BCUT2D eigenvalue weighted by Gasteiger charge is -2.41. The lowest BCUT2D eigenvalue weighted by Crippen LogP contribution is -2.48. The van der Waals surface area contributed by atoms with Crippen LogP contribution >= 0.6 is 0 Å². The molecule has 2 unspecified atom stereocenters. The van der Waals surface area contributed by atoms with Gasteiger partial charge >= 0.3 is 0 Å². The zero-order valence-electron chi connectivity index (χ0n) is 11.0. The highest BCUT2D eigenvalue weighted by Gasteiger charge is 2.47. The van der Waals surface area contributed by atoms with E-state index in [4.69, 9.17) is 4.74 Å². The van der Waals surface area contributed by atoms with E-state index < -0.39 is 5.60 Å². The number of fused-ring (bicyclic) bond motifs is 2. The monoisotopic (exact) mass is 248 g/mol. The van der Waals surface area contributed by atoms with Crippen molar-refractivity contribution >= 4 is 0 Å². The second-order valence-electron chi connectivity index (χ2n) is 5.56. The molecule has 4 heteroatoms. The zero-order valence-corrected chi connectivity index (χ0v) is 11.0. The van der Waals surface area contributed by atoms with Crippen LogP contribution in [0.15, 0.2) is 18.2 Å². The van der Waals surface area contributed by atoms with Crippen molar-refractivity contribution in [2.45, 2.75) is 43.4 Å². The molecule has 98 valence electrons. The van der Waals surface area contributed by atoms with Gasteiger partial charge in [-0.15, -0.1) is 0 Å². The van der Waals surface area contributed by atoms with Crippen LogP contribution in [0.2, 0.25) is 0 Å². The molecule has 1 N–H and O–H groups in total. The summed E-state index contributed by atoms with van der Waals surface area (Å²) < 4.78 is 5.15. The number of piperidine rings is 1. The maximum atomic E-state index is 10.9. The second-order valence-corrected chi connectivity index (χ2v) is 5.56. The number of aromatic nitrogens is 1. The fraction of sp³-hybridized carbons (Fsp3) is 0.643. The van der Waals surface area contributed by atoms with Gasteiger partial charge < -0.3 is 14.7 Å². The number of methoxy groups -OCH3 is 1. The first-order valence-electron chi connectivity index (χ1n) is 6.58. The van der Waals surface area contributed by atoms with E-state index >= 15 is 0 Å². The summed E-state index contributed by atoms with van der Waals surface area (Å²) in [5, 5.41) is 10.9. The van der Waals surface area contributed by atoms with Gasteiger partial charge in [0.05, 0.1) is 12.8 Å². The van der Waals surface area contributed by atoms with Gasteiger partial charge in [-0.05, 0) is 38.8 Å². The van der Waals surface area contributed by atoms with E-state index in [9.17, 15) is 5.11 Å². The number of nitrogens with zero attached hydrogens (tertiary/aromatic N) is 2. The molecule has 0 spiro atoms. The van der Waals surface area contributed by atoms with Crippen LogP contribution in [0.25, 0.3) is 0 Å². The summed E-state index contributed by atoms with van der Waals surface area (Å²) in [5.74, 6) is 0.576. The standard InChI is InChI=1S/C14H20N2O2/c1-16-10-6-7-11(16)9-14(17,8-10)12-4-3-5-13(15-12)18-2/h3-5,10-11,17H,6-9H2,1-2H3. The molecule has 0 amide bonds. The van der Waals surface area contributed by atoms with Gasteiger partial charge in [0, 0.05) is 18.2 Å². The van der Waals surface area contributed by atoms with Crippen molar-refractivity contribution in [2.75, 3.05) is 14.2 Å². The van der Waals surface area contributed by atoms with E-state index in [1.807, 2.05) is 18.2 Å². The van der Waals surface area contributed by atoms with Crippen molar-refractivity contribution in [3.05, 3.63) is 23.9 Å². The Hall–Kier alpha value is -1.13. The van der Waals surface area contributed by atoms with Crippen molar-refractivity contribution in [1.29, 1.82) is 0 Å². The fourth-order valence-corrected chi connectivity index (χ4v) is 3.44. The summed E-state index contributed by atoms with van der Waals surface area (Å²) in [6.07, 6.45) is 3.93. The van der Waals surface area contributed by atoms with Crippen molar-refractivity contribution < 1.29 is 9.84 Å². The van der Waals surface area contributed by atoms with Crippen LogP contribution in [-0.2, 0) is 5.60 Å². The van der Waals surface area contributed by atoms with E-state index in [1.165, 1.54) is 12.8 Å². The molecule has 2 aliphatic rings. The number of pyridine rings is 1. The summed E-state index contributed by atoms with van der Waals surface area (Å²) in [6.45, 7) is 0. The van der Waals surface area contributed by atoms with Crippen molar-refractivity contribution in [1.82, 2.24) is 9.88 Å². The molecule has 2 saturated heterocycles. The van der Waals surface area contributed by atoms with Crippen LogP contribution in [0.5, 0.6) is 5.88 Å². The highest BCUT2D eigenvalue weighted by atomic mass is 16.5. The lowest BCUT2D eigenvalue weighted by molar-refractivity contribution is -0.0526. The Morgan fingerprint density at radius 2 is 2.00 bits per heavy atom. The molecule has 0 saturated carbocycles. The summed E-state index contributed by atoms with van der Waals surface area (Å²) in [5.41, 5.74) is -0.0285. The third-order valence-corrected chi connectivity index (χ3v) is 4.54. The molecule has 0 aromatic carbocycles. The summed E-state index contributed by atoms with van der Waals surface area (Å²) in [7, 11) is 3.77. The summed E-state index contributed by atoms with van der Waals surface area (Å²) >= 11 is 0. The molecule has 1 aromatic heterocycles. The van der Waals surface area contributed by atoms with Gasteiger partial charge in [-0.1, -0.05) is 6.07 Å². The average Bonchev–Trinajstić information content (AvgIpc) is 2.63. The van der Waals surface area contributed by atoms with Crippen LogP contribution < -0.4 is 4.74 Å². The van der Waals surface area contributed by atoms with Gasteiger partial charge in [0.15, 0.2) is 0 Å². The molecule has 0 aliphatic carbocycles. The maximum absolute atomic E-state index is 10.9. The predicted molar refractivity (Wildman–Crippen MR) is 68.5 cm³/mol. The maximum Gasteiger partial charge on any atom is 0.213 e. The van der Waals surface area contributed by atoms with Gasteiger partial charge in [0.25, 0.3) is 0 Å². The first-order valence-corrected chi connectivity index (χ1v) is 6.58. The van der Waals surface area contributed by atoms with Gasteiger partial charge in [0.2, 0.25) is 5.88 Å². The Bertz CT molecular complexity index is 435. The molecular formula is C14H20N2O2. The average molecular weight is 248 g/mol. The van der Waals surface area contributed by atoms with Gasteiger partial charge in [-0.25, -0.2) is 4.98 Å². The first-order chi connectivity index (χ1) is 8.62. The molecular weight excluding hydrogens is 228 g/mol. The topological polar surface area (TPSA) is 45.6 Å². The van der Waals surface area contributed by atoms with E-state index in [-0.39, 0.29) is 0 Å². The van der Waals surface area contributed by atoms with Gasteiger partial charge in [-0.2, -0.15) is 0 Å². The lowest BCUT2D eigenvalue weighted by atomic mass is 9.83. The third kappa shape index (κ3) is 1.80. The van der Waals surface area contributed by atoms with Crippen LogP contribution in [0, 0.1) is 0 Å². The molecule has 2 fully saturated rings. The third-order valence-electron chi connectivity index (χ3n) is 4.54. The van der Waals surface area contributed by atoms with E-state index in [0.29, 0.717) is 18.0 Å². The number of hydrogen-bond donors (Lipinski definition) is 1. The molecule has 2 aliphatic heterocycles. The first kappa shape index (κ1) is 11.9. The van der Waals surface area contributed by atoms with Crippen molar-refractivity contribution in [3.63, 3.8) is 0 Å². The smallest absolute Gasteiger partial charge is 0.213 e. The Balaban J connectivity index is 1.91. The highest BCUT2D eigenvalue weighted by molar-refractivity contribution is 5.22. The Labute approximate surface area is 108 Å². The second kappa shape index (κ2) is 4.21. The minimum Gasteiger partial charge on any atom is -0.481 e. The molecule has 0 radical (unpaired) electrons. The van der Waals surface area contributed by atoms with Crippen LogP contribution in [0.1, 0.15) is 31.4 Å². The Morgan fingerprint density at radius 3 is 2.61 bits per heavy atom. The fourth-order valence-electron chi connectivity index (χ4n) is 3.44. The Kier molecular flexibility index (Phi) is 2.79. The quantitative estimate of drug-likeness (QED) is 0.862. The highest BCUT2D eigenvalue weighted by Crippen LogP contribution is 2.44. The van der Waals surface area contributed by atoms with Crippen molar-refractivity contribution in [3.8, 4) is 5.88 Å². The van der Waals surface area contributed by atoms with Gasteiger partial charge in [0.1, 0.15) is 5.60 Å². The van der Waals surface area contributed by atoms with E-state index in [1.54, 1.807) is 7.11 Å². The molecule has 2 bridgehead atoms. The van der Waals surface area contributed by atoms with Crippen LogP contribution in [0.4, 0.5) is 0 Å². The number of aliphatic hydroxyl groups is 1. The molecule has 3 heterocycles. The van der Waals surface area contributed by atoms with Crippen molar-refractivity contribution in [2.24, 2.45) is 0 Å². The molecule has 3 rings (SSSR count). The summed E-state index contributed by atoms with van der Waals surface area (Å²) in [4.78, 5) is 6.83. The normalized spacial score (nSPS) is 35.7. The number of ether oxygens (including phenoxy) is 1. The van der Waals surface area contributed by atoms with Gasteiger partial charge in [-0.3, -0.25) is 0 Å². The van der Waals surface area contributed by atoms with Crippen LogP contribution in [-0.4, -0.2) is 41.2 Å². The van der Waals surface area contributed by atoms with E-state index in [0.717, 1.165) is 18.5 Å². The zero-order chi connectivity index (χ0) is 12.8. The molecule has 2 atom stereocenters. The molecule has 18 heavy (non-hydrogen) atoms. The largest absolute Gasteiger partial charge is 0.481 e. The predicted octanol–water partition coefficient (Wildman–Crippen LogP) is 1.53. The van der Waals surface area contributed by atoms with E-state index in [2.05, 4.69) is 16.9 Å². The number of rotatable bonds is 2. The minimum absolute atomic E-state index is 0.488. The molecule has 4 nitrogen and oxygen atoms in total. The summed E-state index contributed by atoms with van der Waals surface area (Å²) in [6, 6.07) is 6.60. The van der Waals surface area contributed by atoms with Crippen LogP contribution in [0.3, 0.4) is 0 Å². The number of hydrogen-bond acceptors (Lipinski definition) is 4. The Morgan fingerprint density at radius 1 is 1.33 bits per heavy atom. The SMILES string of the molecule is COc1cccc(C2(O)CC3CCC(C2)N3C)n1. The minimum atomic E-state index is -0.785. The molecule has 1 aromatic rings.